The molecule has 7 heteroatoms. The van der Waals surface area contributed by atoms with Crippen LogP contribution in [0.1, 0.15) is 15.9 Å². The van der Waals surface area contributed by atoms with E-state index in [1.54, 1.807) is 30.5 Å². The molecule has 25 heavy (non-hydrogen) atoms. The van der Waals surface area contributed by atoms with Crippen LogP contribution < -0.4 is 16.1 Å². The number of hydrogen-bond acceptors (Lipinski definition) is 4. The minimum absolute atomic E-state index is 0.270. The largest absolute Gasteiger partial charge is 0.399 e. The van der Waals surface area contributed by atoms with Gasteiger partial charge in [-0.25, -0.2) is 5.43 Å². The van der Waals surface area contributed by atoms with Crippen LogP contribution in [0.25, 0.3) is 0 Å². The second-order valence-corrected chi connectivity index (χ2v) is 6.86. The molecule has 0 bridgehead atoms. The zero-order valence-corrected chi connectivity index (χ0v) is 16.8. The van der Waals surface area contributed by atoms with Crippen molar-refractivity contribution in [3.63, 3.8) is 0 Å². The predicted molar refractivity (Wildman–Crippen MR) is 112 cm³/mol. The van der Waals surface area contributed by atoms with Gasteiger partial charge in [-0.2, -0.15) is 5.10 Å². The Kier molecular flexibility index (Phi) is 7.94. The number of nitrogen functional groups attached to an aromatic ring is 1. The fourth-order valence-electron chi connectivity index (χ4n) is 2.21. The molecule has 2 aromatic carbocycles. The Labute approximate surface area is 164 Å². The van der Waals surface area contributed by atoms with Gasteiger partial charge in [0.05, 0.1) is 6.21 Å². The molecule has 0 saturated carbocycles. The van der Waals surface area contributed by atoms with E-state index in [0.29, 0.717) is 11.3 Å². The van der Waals surface area contributed by atoms with Gasteiger partial charge in [-0.1, -0.05) is 44.0 Å². The molecule has 1 amide bonds. The van der Waals surface area contributed by atoms with Crippen molar-refractivity contribution in [3.8, 4) is 0 Å². The smallest absolute Gasteiger partial charge is 0.271 e. The molecule has 0 aromatic heterocycles. The maximum Gasteiger partial charge on any atom is 0.271 e. The number of alkyl halides is 2. The number of hydrogen-bond donors (Lipinski definition) is 2. The lowest BCUT2D eigenvalue weighted by atomic mass is 10.2. The summed E-state index contributed by atoms with van der Waals surface area (Å²) in [6.07, 6.45) is 1.62. The molecule has 0 spiro atoms. The lowest BCUT2D eigenvalue weighted by Crippen LogP contribution is -2.27. The number of carbonyl (C=O) groups is 1. The summed E-state index contributed by atoms with van der Waals surface area (Å²) in [4.78, 5) is 14.2. The third kappa shape index (κ3) is 6.17. The van der Waals surface area contributed by atoms with Gasteiger partial charge in [0.2, 0.25) is 0 Å². The summed E-state index contributed by atoms with van der Waals surface area (Å²) >= 11 is 6.95. The zero-order valence-electron chi connectivity index (χ0n) is 13.7. The minimum Gasteiger partial charge on any atom is -0.399 e. The standard InChI is InChI=1S/C18H20Br2N4O/c19-9-11-24(12-10-20)17-7-1-14(2-8-17)13-22-23-18(25)15-3-5-16(21)6-4-15/h1-8,13H,9-12,21H2,(H,23,25)/b22-13-. The summed E-state index contributed by atoms with van der Waals surface area (Å²) in [5.41, 5.74) is 11.3. The fourth-order valence-corrected chi connectivity index (χ4v) is 3.07. The summed E-state index contributed by atoms with van der Waals surface area (Å²) in [6.45, 7) is 1.88. The lowest BCUT2D eigenvalue weighted by molar-refractivity contribution is 0.0955. The van der Waals surface area contributed by atoms with Gasteiger partial charge < -0.3 is 10.6 Å². The van der Waals surface area contributed by atoms with Gasteiger partial charge in [0, 0.05) is 40.7 Å². The summed E-state index contributed by atoms with van der Waals surface area (Å²) in [7, 11) is 0. The van der Waals surface area contributed by atoms with Crippen LogP contribution in [-0.2, 0) is 0 Å². The Bertz CT molecular complexity index is 696. The first-order chi connectivity index (χ1) is 12.1. The van der Waals surface area contributed by atoms with Crippen molar-refractivity contribution in [2.75, 3.05) is 34.4 Å². The Hall–Kier alpha value is -1.86. The second kappa shape index (κ2) is 10.2. The zero-order chi connectivity index (χ0) is 18.1. The normalized spacial score (nSPS) is 10.8. The van der Waals surface area contributed by atoms with Crippen molar-refractivity contribution < 1.29 is 4.79 Å². The Morgan fingerprint density at radius 3 is 2.20 bits per heavy atom. The first-order valence-electron chi connectivity index (χ1n) is 7.80. The molecule has 2 rings (SSSR count). The van der Waals surface area contributed by atoms with E-state index >= 15 is 0 Å². The molecule has 0 atom stereocenters. The van der Waals surface area contributed by atoms with E-state index in [4.69, 9.17) is 5.73 Å². The maximum absolute atomic E-state index is 12.0. The highest BCUT2D eigenvalue weighted by Gasteiger charge is 2.05. The third-order valence-electron chi connectivity index (χ3n) is 3.52. The topological polar surface area (TPSA) is 70.7 Å². The number of nitrogens with zero attached hydrogens (tertiary/aromatic N) is 2. The van der Waals surface area contributed by atoms with Crippen molar-refractivity contribution >= 4 is 55.4 Å². The van der Waals surface area contributed by atoms with E-state index in [-0.39, 0.29) is 5.91 Å². The van der Waals surface area contributed by atoms with Crippen LogP contribution in [0.4, 0.5) is 11.4 Å². The van der Waals surface area contributed by atoms with Gasteiger partial charge in [0.1, 0.15) is 0 Å². The molecule has 3 N–H and O–H groups in total. The Balaban J connectivity index is 1.94. The monoisotopic (exact) mass is 466 g/mol. The van der Waals surface area contributed by atoms with Crippen LogP contribution in [0.2, 0.25) is 0 Å². The number of anilines is 2. The highest BCUT2D eigenvalue weighted by atomic mass is 79.9. The highest BCUT2D eigenvalue weighted by molar-refractivity contribution is 9.09. The van der Waals surface area contributed by atoms with E-state index in [1.165, 1.54) is 0 Å². The van der Waals surface area contributed by atoms with E-state index in [2.05, 4.69) is 59.4 Å². The molecule has 0 aliphatic carbocycles. The Morgan fingerprint density at radius 1 is 1.04 bits per heavy atom. The van der Waals surface area contributed by atoms with Crippen LogP contribution in [0.3, 0.4) is 0 Å². The molecule has 0 saturated heterocycles. The average molecular weight is 468 g/mol. The number of benzene rings is 2. The molecule has 0 fully saturated rings. The molecule has 0 radical (unpaired) electrons. The highest BCUT2D eigenvalue weighted by Crippen LogP contribution is 2.15. The van der Waals surface area contributed by atoms with Crippen LogP contribution in [0.15, 0.2) is 53.6 Å². The first kappa shape index (κ1) is 19.5. The lowest BCUT2D eigenvalue weighted by Gasteiger charge is -2.23. The molecule has 2 aromatic rings. The number of nitrogens with two attached hydrogens (primary N) is 1. The van der Waals surface area contributed by atoms with Gasteiger partial charge in [0.25, 0.3) is 5.91 Å². The minimum atomic E-state index is -0.270. The SMILES string of the molecule is Nc1ccc(C(=O)N/N=C\c2ccc(N(CCBr)CCBr)cc2)cc1. The molecule has 5 nitrogen and oxygen atoms in total. The van der Waals surface area contributed by atoms with E-state index in [0.717, 1.165) is 35.0 Å². The molecule has 0 heterocycles. The molecule has 0 aliphatic rings. The fraction of sp³-hybridized carbons (Fsp3) is 0.222. The van der Waals surface area contributed by atoms with E-state index < -0.39 is 0 Å². The van der Waals surface area contributed by atoms with Crippen LogP contribution >= 0.6 is 31.9 Å². The van der Waals surface area contributed by atoms with Gasteiger partial charge >= 0.3 is 0 Å². The first-order valence-corrected chi connectivity index (χ1v) is 10.0. The van der Waals surface area contributed by atoms with Crippen LogP contribution in [0.5, 0.6) is 0 Å². The number of carbonyl (C=O) groups excluding carboxylic acids is 1. The van der Waals surface area contributed by atoms with Crippen molar-refractivity contribution in [1.82, 2.24) is 5.43 Å². The number of nitrogens with one attached hydrogen (secondary N) is 1. The summed E-state index contributed by atoms with van der Waals surface area (Å²) in [5.74, 6) is -0.270. The molecule has 0 unspecified atom stereocenters. The summed E-state index contributed by atoms with van der Waals surface area (Å²) in [6, 6.07) is 14.7. The van der Waals surface area contributed by atoms with Crippen LogP contribution in [-0.4, -0.2) is 35.9 Å². The number of hydrazone groups is 1. The van der Waals surface area contributed by atoms with Crippen LogP contribution in [0, 0.1) is 0 Å². The van der Waals surface area contributed by atoms with Crippen molar-refractivity contribution in [1.29, 1.82) is 0 Å². The predicted octanol–water partition coefficient (Wildman–Crippen LogP) is 3.63. The van der Waals surface area contributed by atoms with Gasteiger partial charge in [-0.15, -0.1) is 0 Å². The van der Waals surface area contributed by atoms with Gasteiger partial charge in [-0.3, -0.25) is 4.79 Å². The van der Waals surface area contributed by atoms with Crippen molar-refractivity contribution in [2.24, 2.45) is 5.10 Å². The summed E-state index contributed by atoms with van der Waals surface area (Å²) < 4.78 is 0. The van der Waals surface area contributed by atoms with E-state index in [1.807, 2.05) is 12.1 Å². The summed E-state index contributed by atoms with van der Waals surface area (Å²) in [5, 5.41) is 5.84. The quantitative estimate of drug-likeness (QED) is 0.269. The number of halogens is 2. The average Bonchev–Trinajstić information content (AvgIpc) is 2.62. The third-order valence-corrected chi connectivity index (χ3v) is 4.23. The van der Waals surface area contributed by atoms with Gasteiger partial charge in [0.15, 0.2) is 0 Å². The molecule has 132 valence electrons. The van der Waals surface area contributed by atoms with E-state index in [9.17, 15) is 4.79 Å². The molecular weight excluding hydrogens is 448 g/mol. The molecule has 0 aliphatic heterocycles. The van der Waals surface area contributed by atoms with Crippen molar-refractivity contribution in [3.05, 3.63) is 59.7 Å². The number of amides is 1. The van der Waals surface area contributed by atoms with Crippen molar-refractivity contribution in [2.45, 2.75) is 0 Å². The van der Waals surface area contributed by atoms with Gasteiger partial charge in [-0.05, 0) is 42.0 Å². The maximum atomic E-state index is 12.0. The molecular formula is C18H20Br2N4O. The second-order valence-electron chi connectivity index (χ2n) is 5.28. The number of rotatable bonds is 8. The Morgan fingerprint density at radius 2 is 1.64 bits per heavy atom.